The van der Waals surface area contributed by atoms with Crippen LogP contribution in [0, 0.1) is 6.92 Å². The van der Waals surface area contributed by atoms with E-state index in [1.807, 2.05) is 48.7 Å². The molecule has 0 aliphatic heterocycles. The summed E-state index contributed by atoms with van der Waals surface area (Å²) in [6.07, 6.45) is 0. The van der Waals surface area contributed by atoms with Gasteiger partial charge in [-0.3, -0.25) is 10.1 Å². The molecule has 6 nitrogen and oxygen atoms in total. The van der Waals surface area contributed by atoms with Crippen LogP contribution in [0.15, 0.2) is 41.8 Å². The lowest BCUT2D eigenvalue weighted by Crippen LogP contribution is -2.11. The molecule has 0 aliphatic rings. The van der Waals surface area contributed by atoms with E-state index < -0.39 is 0 Å². The number of pyridine rings is 1. The number of amides is 1. The van der Waals surface area contributed by atoms with E-state index in [1.165, 1.54) is 22.7 Å². The van der Waals surface area contributed by atoms with Crippen molar-refractivity contribution in [3.8, 4) is 17.0 Å². The average Bonchev–Trinajstić information content (AvgIpc) is 3.26. The number of rotatable bonds is 4. The molecular formula is C19H16N4O2S2. The summed E-state index contributed by atoms with van der Waals surface area (Å²) in [4.78, 5) is 22.8. The Labute approximate surface area is 163 Å². The number of nitrogens with two attached hydrogens (primary N) is 1. The molecule has 8 heteroatoms. The molecule has 0 fully saturated rings. The van der Waals surface area contributed by atoms with Crippen LogP contribution >= 0.6 is 22.7 Å². The van der Waals surface area contributed by atoms with Crippen LogP contribution in [-0.4, -0.2) is 23.0 Å². The van der Waals surface area contributed by atoms with E-state index in [1.54, 1.807) is 7.11 Å². The molecule has 0 saturated heterocycles. The van der Waals surface area contributed by atoms with E-state index in [4.69, 9.17) is 10.5 Å². The second kappa shape index (κ2) is 6.98. The van der Waals surface area contributed by atoms with Gasteiger partial charge in [-0.25, -0.2) is 9.97 Å². The molecule has 3 heterocycles. The van der Waals surface area contributed by atoms with Gasteiger partial charge in [-0.05, 0) is 31.2 Å². The largest absolute Gasteiger partial charge is 0.497 e. The summed E-state index contributed by atoms with van der Waals surface area (Å²) in [7, 11) is 1.62. The Morgan fingerprint density at radius 3 is 2.89 bits per heavy atom. The minimum Gasteiger partial charge on any atom is -0.497 e. The smallest absolute Gasteiger partial charge is 0.269 e. The van der Waals surface area contributed by atoms with E-state index in [9.17, 15) is 4.79 Å². The Kier molecular flexibility index (Phi) is 4.51. The quantitative estimate of drug-likeness (QED) is 0.527. The number of ether oxygens (including phenoxy) is 1. The highest BCUT2D eigenvalue weighted by Crippen LogP contribution is 2.34. The summed E-state index contributed by atoms with van der Waals surface area (Å²) < 4.78 is 5.24. The first kappa shape index (κ1) is 17.4. The molecule has 0 saturated carbocycles. The van der Waals surface area contributed by atoms with E-state index in [2.05, 4.69) is 15.3 Å². The van der Waals surface area contributed by atoms with Crippen LogP contribution in [0.4, 0.5) is 10.8 Å². The molecule has 0 bridgehead atoms. The number of anilines is 2. The van der Waals surface area contributed by atoms with Crippen molar-refractivity contribution in [3.05, 3.63) is 52.3 Å². The van der Waals surface area contributed by atoms with Gasteiger partial charge in [-0.15, -0.1) is 22.7 Å². The molecule has 3 N–H and O–H groups in total. The van der Waals surface area contributed by atoms with E-state index in [0.717, 1.165) is 32.9 Å². The third kappa shape index (κ3) is 3.36. The Bertz CT molecular complexity index is 1150. The fraction of sp³-hybridized carbons (Fsp3) is 0.105. The molecule has 0 unspecified atom stereocenters. The number of nitrogens with one attached hydrogen (secondary N) is 1. The predicted molar refractivity (Wildman–Crippen MR) is 111 cm³/mol. The second-order valence-electron chi connectivity index (χ2n) is 5.87. The van der Waals surface area contributed by atoms with Gasteiger partial charge in [0, 0.05) is 22.0 Å². The van der Waals surface area contributed by atoms with Crippen molar-refractivity contribution in [1.82, 2.24) is 9.97 Å². The number of hydrogen-bond acceptors (Lipinski definition) is 7. The first-order valence-corrected chi connectivity index (χ1v) is 9.81. The number of carbonyl (C=O) groups excluding carboxylic acids is 1. The van der Waals surface area contributed by atoms with Crippen LogP contribution in [-0.2, 0) is 0 Å². The number of nitrogen functional groups attached to an aromatic ring is 1. The molecule has 0 radical (unpaired) electrons. The summed E-state index contributed by atoms with van der Waals surface area (Å²) in [5.41, 5.74) is 9.18. The Hall–Kier alpha value is -2.97. The number of aromatic nitrogens is 2. The lowest BCUT2D eigenvalue weighted by Gasteiger charge is -2.02. The monoisotopic (exact) mass is 396 g/mol. The van der Waals surface area contributed by atoms with Crippen molar-refractivity contribution < 1.29 is 9.53 Å². The third-order valence-electron chi connectivity index (χ3n) is 4.03. The highest BCUT2D eigenvalue weighted by molar-refractivity contribution is 7.21. The number of thiophene rings is 1. The highest BCUT2D eigenvalue weighted by atomic mass is 32.1. The van der Waals surface area contributed by atoms with Crippen molar-refractivity contribution in [2.45, 2.75) is 6.92 Å². The summed E-state index contributed by atoms with van der Waals surface area (Å²) >= 11 is 2.65. The Balaban J connectivity index is 1.59. The van der Waals surface area contributed by atoms with Crippen molar-refractivity contribution in [3.63, 3.8) is 0 Å². The summed E-state index contributed by atoms with van der Waals surface area (Å²) in [5, 5.41) is 6.04. The average molecular weight is 396 g/mol. The molecule has 27 heavy (non-hydrogen) atoms. The molecule has 1 aromatic carbocycles. The van der Waals surface area contributed by atoms with Crippen LogP contribution in [0.25, 0.3) is 21.5 Å². The van der Waals surface area contributed by atoms with Crippen molar-refractivity contribution in [2.24, 2.45) is 0 Å². The molecule has 3 aromatic heterocycles. The summed E-state index contributed by atoms with van der Waals surface area (Å²) in [6, 6.07) is 11.4. The normalized spacial score (nSPS) is 10.9. The van der Waals surface area contributed by atoms with Gasteiger partial charge in [0.1, 0.15) is 15.5 Å². The summed E-state index contributed by atoms with van der Waals surface area (Å²) in [6.45, 7) is 1.91. The number of nitrogens with zero attached hydrogens (tertiary/aromatic N) is 2. The lowest BCUT2D eigenvalue weighted by molar-refractivity contribution is 0.103. The number of aryl methyl sites for hydroxylation is 1. The van der Waals surface area contributed by atoms with Crippen molar-refractivity contribution in [1.29, 1.82) is 0 Å². The van der Waals surface area contributed by atoms with E-state index in [-0.39, 0.29) is 5.91 Å². The first-order valence-electron chi connectivity index (χ1n) is 8.12. The SMILES string of the molecule is COc1cccc(-c2csc(NC(=O)c3sc4nc(C)ccc4c3N)n2)c1. The maximum atomic E-state index is 12.7. The number of fused-ring (bicyclic) bond motifs is 1. The minimum atomic E-state index is -0.278. The Morgan fingerprint density at radius 1 is 1.22 bits per heavy atom. The van der Waals surface area contributed by atoms with Gasteiger partial charge >= 0.3 is 0 Å². The van der Waals surface area contributed by atoms with Gasteiger partial charge in [0.05, 0.1) is 18.5 Å². The first-order chi connectivity index (χ1) is 13.0. The molecule has 0 atom stereocenters. The van der Waals surface area contributed by atoms with Crippen LogP contribution in [0.1, 0.15) is 15.4 Å². The maximum absolute atomic E-state index is 12.7. The predicted octanol–water partition coefficient (Wildman–Crippen LogP) is 4.57. The molecule has 4 aromatic rings. The van der Waals surface area contributed by atoms with Crippen LogP contribution in [0.3, 0.4) is 0 Å². The lowest BCUT2D eigenvalue weighted by atomic mass is 10.2. The van der Waals surface area contributed by atoms with Crippen LogP contribution < -0.4 is 15.8 Å². The molecule has 1 amide bonds. The van der Waals surface area contributed by atoms with Gasteiger partial charge in [0.25, 0.3) is 5.91 Å². The number of thiazole rings is 1. The standard InChI is InChI=1S/C19H16N4O2S2/c1-10-6-7-13-15(20)16(27-18(13)21-10)17(24)23-19-22-14(9-26-19)11-4-3-5-12(8-11)25-2/h3-9H,20H2,1-2H3,(H,22,23,24). The zero-order valence-corrected chi connectivity index (χ0v) is 16.3. The van der Waals surface area contributed by atoms with E-state index in [0.29, 0.717) is 15.7 Å². The maximum Gasteiger partial charge on any atom is 0.269 e. The fourth-order valence-electron chi connectivity index (χ4n) is 2.66. The molecule has 136 valence electrons. The number of hydrogen-bond donors (Lipinski definition) is 2. The highest BCUT2D eigenvalue weighted by Gasteiger charge is 2.18. The minimum absolute atomic E-state index is 0.278. The molecule has 0 aliphatic carbocycles. The number of benzene rings is 1. The molecule has 4 rings (SSSR count). The zero-order valence-electron chi connectivity index (χ0n) is 14.6. The van der Waals surface area contributed by atoms with Gasteiger partial charge in [0.2, 0.25) is 0 Å². The number of carbonyl (C=O) groups is 1. The van der Waals surface area contributed by atoms with Crippen molar-refractivity contribution >= 4 is 49.6 Å². The summed E-state index contributed by atoms with van der Waals surface area (Å²) in [5.74, 6) is 0.478. The topological polar surface area (TPSA) is 90.1 Å². The molecular weight excluding hydrogens is 380 g/mol. The molecule has 0 spiro atoms. The van der Waals surface area contributed by atoms with Gasteiger partial charge in [0.15, 0.2) is 5.13 Å². The zero-order chi connectivity index (χ0) is 19.0. The van der Waals surface area contributed by atoms with Gasteiger partial charge in [-0.2, -0.15) is 0 Å². The fourth-order valence-corrected chi connectivity index (χ4v) is 4.41. The second-order valence-corrected chi connectivity index (χ2v) is 7.73. The Morgan fingerprint density at radius 2 is 2.07 bits per heavy atom. The van der Waals surface area contributed by atoms with Gasteiger partial charge in [-0.1, -0.05) is 12.1 Å². The number of methoxy groups -OCH3 is 1. The third-order valence-corrected chi connectivity index (χ3v) is 5.90. The van der Waals surface area contributed by atoms with E-state index >= 15 is 0 Å². The van der Waals surface area contributed by atoms with Gasteiger partial charge < -0.3 is 10.5 Å². The van der Waals surface area contributed by atoms with Crippen LogP contribution in [0.2, 0.25) is 0 Å². The van der Waals surface area contributed by atoms with Crippen LogP contribution in [0.5, 0.6) is 5.75 Å². The van der Waals surface area contributed by atoms with Crippen molar-refractivity contribution in [2.75, 3.05) is 18.2 Å².